The quantitative estimate of drug-likeness (QED) is 0.261. The van der Waals surface area contributed by atoms with Gasteiger partial charge in [-0.05, 0) is 72.9 Å². The van der Waals surface area contributed by atoms with Crippen LogP contribution in [0.4, 0.5) is 11.4 Å². The monoisotopic (exact) mass is 542 g/mol. The lowest BCUT2D eigenvalue weighted by Crippen LogP contribution is -2.38. The second-order valence-electron chi connectivity index (χ2n) is 10.6. The fourth-order valence-corrected chi connectivity index (χ4v) is 6.59. The summed E-state index contributed by atoms with van der Waals surface area (Å²) in [7, 11) is 0. The van der Waals surface area contributed by atoms with Crippen LogP contribution < -0.4 is 15.1 Å². The summed E-state index contributed by atoms with van der Waals surface area (Å²) in [5, 5.41) is 4.86. The van der Waals surface area contributed by atoms with Crippen LogP contribution in [0.3, 0.4) is 0 Å². The van der Waals surface area contributed by atoms with Crippen molar-refractivity contribution in [3.05, 3.63) is 102 Å². The number of thiocarbonyl (C=S) groups is 1. The number of pyridine rings is 1. The number of nitrogens with zero attached hydrogens (tertiary/aromatic N) is 3. The topological polar surface area (TPSA) is 44.5 Å². The Labute approximate surface area is 234 Å². The molecular formula is C31H31ClN4OS. The molecular weight excluding hydrogens is 512 g/mol. The zero-order valence-corrected chi connectivity index (χ0v) is 23.1. The summed E-state index contributed by atoms with van der Waals surface area (Å²) in [4.78, 5) is 9.17. The van der Waals surface area contributed by atoms with Crippen molar-refractivity contribution in [1.82, 2.24) is 10.3 Å². The first-order valence-corrected chi connectivity index (χ1v) is 14.0. The van der Waals surface area contributed by atoms with Crippen molar-refractivity contribution < 1.29 is 4.42 Å². The van der Waals surface area contributed by atoms with Gasteiger partial charge < -0.3 is 19.5 Å². The van der Waals surface area contributed by atoms with Crippen LogP contribution in [0.25, 0.3) is 11.3 Å². The summed E-state index contributed by atoms with van der Waals surface area (Å²) in [6.07, 6.45) is 3.06. The SMILES string of the molecule is C[C@H]1C[C@H](C)CN(c2ccc(N3C(=S)N[C@@H](c4ccccn4)[C@@H]3c3ccc(-c4ccccc4)o3)cc2Cl)C1. The van der Waals surface area contributed by atoms with E-state index in [1.54, 1.807) is 0 Å². The molecule has 5 nitrogen and oxygen atoms in total. The van der Waals surface area contributed by atoms with Gasteiger partial charge in [0, 0.05) is 30.5 Å². The van der Waals surface area contributed by atoms with Gasteiger partial charge in [0.25, 0.3) is 0 Å². The molecule has 2 fully saturated rings. The van der Waals surface area contributed by atoms with Gasteiger partial charge in [-0.1, -0.05) is 61.8 Å². The molecule has 2 saturated heterocycles. The van der Waals surface area contributed by atoms with Gasteiger partial charge >= 0.3 is 0 Å². The Bertz CT molecular complexity index is 1420. The normalized spacial score (nSPS) is 23.5. The zero-order valence-electron chi connectivity index (χ0n) is 21.5. The molecule has 0 saturated carbocycles. The van der Waals surface area contributed by atoms with Crippen LogP contribution in [0, 0.1) is 11.8 Å². The average molecular weight is 543 g/mol. The molecule has 4 heterocycles. The second-order valence-corrected chi connectivity index (χ2v) is 11.3. The van der Waals surface area contributed by atoms with Crippen LogP contribution in [0.15, 0.2) is 89.5 Å². The van der Waals surface area contributed by atoms with Crippen molar-refractivity contribution >= 4 is 40.3 Å². The molecule has 4 aromatic rings. The molecule has 4 atom stereocenters. The fraction of sp³-hybridized carbons (Fsp3) is 0.290. The first-order chi connectivity index (χ1) is 18.5. The number of hydrogen-bond donors (Lipinski definition) is 1. The van der Waals surface area contributed by atoms with Crippen LogP contribution in [-0.2, 0) is 0 Å². The van der Waals surface area contributed by atoms with Crippen LogP contribution >= 0.6 is 23.8 Å². The Morgan fingerprint density at radius 2 is 1.71 bits per heavy atom. The van der Waals surface area contributed by atoms with E-state index in [2.05, 4.69) is 58.2 Å². The Morgan fingerprint density at radius 3 is 2.42 bits per heavy atom. The number of nitrogens with one attached hydrogen (secondary N) is 1. The molecule has 0 bridgehead atoms. The third kappa shape index (κ3) is 4.79. The minimum atomic E-state index is -0.230. The molecule has 0 aliphatic carbocycles. The number of furan rings is 1. The third-order valence-electron chi connectivity index (χ3n) is 7.49. The molecule has 2 aromatic heterocycles. The highest BCUT2D eigenvalue weighted by Gasteiger charge is 2.43. The molecule has 2 aliphatic rings. The summed E-state index contributed by atoms with van der Waals surface area (Å²) < 4.78 is 6.47. The van der Waals surface area contributed by atoms with E-state index in [9.17, 15) is 0 Å². The maximum absolute atomic E-state index is 6.95. The Balaban J connectivity index is 1.38. The van der Waals surface area contributed by atoms with Crippen LogP contribution in [0.2, 0.25) is 5.02 Å². The molecule has 0 spiro atoms. The fourth-order valence-electron chi connectivity index (χ4n) is 5.95. The summed E-state index contributed by atoms with van der Waals surface area (Å²) >= 11 is 12.8. The maximum Gasteiger partial charge on any atom is 0.174 e. The summed E-state index contributed by atoms with van der Waals surface area (Å²) in [6, 6.07) is 26.0. The third-order valence-corrected chi connectivity index (χ3v) is 8.11. The van der Waals surface area contributed by atoms with Crippen molar-refractivity contribution in [1.29, 1.82) is 0 Å². The van der Waals surface area contributed by atoms with E-state index in [0.29, 0.717) is 16.9 Å². The van der Waals surface area contributed by atoms with Crippen molar-refractivity contribution in [2.75, 3.05) is 22.9 Å². The van der Waals surface area contributed by atoms with E-state index in [-0.39, 0.29) is 12.1 Å². The maximum atomic E-state index is 6.95. The van der Waals surface area contributed by atoms with Gasteiger partial charge in [0.15, 0.2) is 5.11 Å². The largest absolute Gasteiger partial charge is 0.459 e. The lowest BCUT2D eigenvalue weighted by molar-refractivity contribution is 0.357. The molecule has 0 amide bonds. The lowest BCUT2D eigenvalue weighted by Gasteiger charge is -2.37. The molecule has 0 radical (unpaired) electrons. The van der Waals surface area contributed by atoms with E-state index in [1.807, 2.05) is 60.8 Å². The van der Waals surface area contributed by atoms with E-state index in [0.717, 1.165) is 52.3 Å². The van der Waals surface area contributed by atoms with E-state index >= 15 is 0 Å². The van der Waals surface area contributed by atoms with Gasteiger partial charge in [-0.25, -0.2) is 0 Å². The van der Waals surface area contributed by atoms with Crippen molar-refractivity contribution in [2.45, 2.75) is 32.4 Å². The Kier molecular flexibility index (Phi) is 6.85. The van der Waals surface area contributed by atoms with Gasteiger partial charge in [0.05, 0.1) is 22.4 Å². The van der Waals surface area contributed by atoms with E-state index in [1.165, 1.54) is 6.42 Å². The predicted octanol–water partition coefficient (Wildman–Crippen LogP) is 7.65. The molecule has 0 unspecified atom stereocenters. The highest BCUT2D eigenvalue weighted by molar-refractivity contribution is 7.80. The Hall–Kier alpha value is -3.35. The van der Waals surface area contributed by atoms with Crippen LogP contribution in [0.1, 0.15) is 43.8 Å². The van der Waals surface area contributed by atoms with Crippen LogP contribution in [0.5, 0.6) is 0 Å². The second kappa shape index (κ2) is 10.4. The summed E-state index contributed by atoms with van der Waals surface area (Å²) in [6.45, 7) is 6.67. The number of hydrogen-bond acceptors (Lipinski definition) is 4. The molecule has 7 heteroatoms. The molecule has 2 aliphatic heterocycles. The van der Waals surface area contributed by atoms with Gasteiger partial charge in [-0.15, -0.1) is 0 Å². The van der Waals surface area contributed by atoms with Crippen molar-refractivity contribution in [2.24, 2.45) is 11.8 Å². The average Bonchev–Trinajstić information content (AvgIpc) is 3.54. The molecule has 6 rings (SSSR count). The van der Waals surface area contributed by atoms with Crippen molar-refractivity contribution in [3.63, 3.8) is 0 Å². The number of benzene rings is 2. The number of halogens is 1. The molecule has 194 valence electrons. The number of anilines is 2. The van der Waals surface area contributed by atoms with Gasteiger partial charge in [0.2, 0.25) is 0 Å². The molecule has 2 aromatic carbocycles. The predicted molar refractivity (Wildman–Crippen MR) is 159 cm³/mol. The molecule has 1 N–H and O–H groups in total. The van der Waals surface area contributed by atoms with Crippen molar-refractivity contribution in [3.8, 4) is 11.3 Å². The number of piperidine rings is 1. The molecule has 38 heavy (non-hydrogen) atoms. The Morgan fingerprint density at radius 1 is 0.947 bits per heavy atom. The highest BCUT2D eigenvalue weighted by atomic mass is 35.5. The zero-order chi connectivity index (χ0) is 26.2. The standard InChI is InChI=1S/C31H31ClN4OS/c1-20-16-21(2)19-35(18-20)26-12-11-23(17-24(26)32)36-30(29(34-31(36)38)25-10-6-7-15-33-25)28-14-13-27(37-28)22-8-4-3-5-9-22/h3-15,17,20-21,29-30H,16,18-19H2,1-2H3,(H,34,38)/t20-,21-,29-,30-/m0/s1. The minimum absolute atomic E-state index is 0.180. The van der Waals surface area contributed by atoms with Gasteiger partial charge in [-0.3, -0.25) is 4.98 Å². The number of aromatic nitrogens is 1. The van der Waals surface area contributed by atoms with Gasteiger partial charge in [0.1, 0.15) is 17.6 Å². The number of rotatable bonds is 5. The summed E-state index contributed by atoms with van der Waals surface area (Å²) in [5.74, 6) is 2.92. The highest BCUT2D eigenvalue weighted by Crippen LogP contribution is 2.44. The van der Waals surface area contributed by atoms with Crippen LogP contribution in [-0.4, -0.2) is 23.2 Å². The smallest absolute Gasteiger partial charge is 0.174 e. The minimum Gasteiger partial charge on any atom is -0.459 e. The van der Waals surface area contributed by atoms with Gasteiger partial charge in [-0.2, -0.15) is 0 Å². The van der Waals surface area contributed by atoms with E-state index < -0.39 is 0 Å². The first kappa shape index (κ1) is 25.0. The lowest BCUT2D eigenvalue weighted by atomic mass is 9.91. The summed E-state index contributed by atoms with van der Waals surface area (Å²) in [5.41, 5.74) is 3.94. The first-order valence-electron chi connectivity index (χ1n) is 13.2. The van der Waals surface area contributed by atoms with E-state index in [4.69, 9.17) is 28.2 Å².